The highest BCUT2D eigenvalue weighted by molar-refractivity contribution is 14.1. The smallest absolute Gasteiger partial charge is 0.264 e. The summed E-state index contributed by atoms with van der Waals surface area (Å²) in [5.41, 5.74) is -0.152. The maximum absolute atomic E-state index is 11.7. The first-order valence-corrected chi connectivity index (χ1v) is 5.83. The number of hydrogen-bond donors (Lipinski definition) is 1. The topological polar surface area (TPSA) is 64.2 Å². The van der Waals surface area contributed by atoms with Gasteiger partial charge in [0.2, 0.25) is 0 Å². The van der Waals surface area contributed by atoms with Crippen molar-refractivity contribution in [2.45, 2.75) is 26.1 Å². The maximum Gasteiger partial charge on any atom is 0.264 e. The zero-order chi connectivity index (χ0) is 12.3. The average Bonchev–Trinajstić information content (AvgIpc) is 2.24. The number of halogens is 1. The number of nitrogens with zero attached hydrogens (tertiary/aromatic N) is 1. The summed E-state index contributed by atoms with van der Waals surface area (Å²) in [6, 6.07) is 0. The summed E-state index contributed by atoms with van der Waals surface area (Å²) >= 11 is 1.96. The lowest BCUT2D eigenvalue weighted by molar-refractivity contribution is 0.0107. The van der Waals surface area contributed by atoms with Crippen LogP contribution in [0.1, 0.15) is 25.4 Å². The second-order valence-electron chi connectivity index (χ2n) is 3.82. The summed E-state index contributed by atoms with van der Waals surface area (Å²) in [6.45, 7) is 4.00. The van der Waals surface area contributed by atoms with Crippen LogP contribution < -0.4 is 5.56 Å². The normalized spacial score (nSPS) is 11.8. The first kappa shape index (κ1) is 13.6. The summed E-state index contributed by atoms with van der Waals surface area (Å²) in [6.07, 6.45) is 0. The molecule has 0 unspecified atom stereocenters. The standard InChI is InChI=1S/C10H15IN2O3/c1-10(2,16-4)9-12-6(5-15-3)7(11)8(14)13-9/h5H2,1-4H3,(H,12,13,14). The van der Waals surface area contributed by atoms with Gasteiger partial charge in [0.25, 0.3) is 5.56 Å². The molecule has 0 aliphatic rings. The summed E-state index contributed by atoms with van der Waals surface area (Å²) in [7, 11) is 3.15. The molecule has 0 saturated carbocycles. The van der Waals surface area contributed by atoms with Gasteiger partial charge in [-0.05, 0) is 36.4 Å². The summed E-state index contributed by atoms with van der Waals surface area (Å²) in [5, 5.41) is 0. The van der Waals surface area contributed by atoms with E-state index >= 15 is 0 Å². The molecule has 0 saturated heterocycles. The monoisotopic (exact) mass is 338 g/mol. The highest BCUT2D eigenvalue weighted by Gasteiger charge is 2.24. The molecule has 0 atom stereocenters. The van der Waals surface area contributed by atoms with E-state index in [1.807, 2.05) is 36.4 Å². The third-order valence-electron chi connectivity index (χ3n) is 2.29. The SMILES string of the molecule is COCc1nc(C(C)(C)OC)[nH]c(=O)c1I. The Hall–Kier alpha value is -0.470. The lowest BCUT2D eigenvalue weighted by Crippen LogP contribution is -2.29. The molecule has 0 radical (unpaired) electrons. The minimum atomic E-state index is -0.619. The van der Waals surface area contributed by atoms with Crippen molar-refractivity contribution in [2.24, 2.45) is 0 Å². The van der Waals surface area contributed by atoms with Gasteiger partial charge < -0.3 is 14.5 Å². The number of aromatic nitrogens is 2. The van der Waals surface area contributed by atoms with Crippen LogP contribution in [-0.4, -0.2) is 24.2 Å². The minimum absolute atomic E-state index is 0.164. The lowest BCUT2D eigenvalue weighted by Gasteiger charge is -2.22. The molecule has 1 aromatic heterocycles. The van der Waals surface area contributed by atoms with E-state index < -0.39 is 5.60 Å². The van der Waals surface area contributed by atoms with Crippen LogP contribution in [0, 0.1) is 3.57 Å². The number of rotatable bonds is 4. The van der Waals surface area contributed by atoms with E-state index in [9.17, 15) is 4.79 Å². The van der Waals surface area contributed by atoms with E-state index in [0.717, 1.165) is 0 Å². The number of methoxy groups -OCH3 is 2. The highest BCUT2D eigenvalue weighted by atomic mass is 127. The Morgan fingerprint density at radius 3 is 2.56 bits per heavy atom. The molecule has 1 N–H and O–H groups in total. The average molecular weight is 338 g/mol. The van der Waals surface area contributed by atoms with Crippen LogP contribution in [0.4, 0.5) is 0 Å². The number of ether oxygens (including phenoxy) is 2. The zero-order valence-electron chi connectivity index (χ0n) is 9.76. The van der Waals surface area contributed by atoms with Gasteiger partial charge in [-0.25, -0.2) is 4.98 Å². The molecule has 1 rings (SSSR count). The number of hydrogen-bond acceptors (Lipinski definition) is 4. The summed E-state index contributed by atoms with van der Waals surface area (Å²) in [4.78, 5) is 18.7. The van der Waals surface area contributed by atoms with Crippen molar-refractivity contribution in [1.29, 1.82) is 0 Å². The third-order valence-corrected chi connectivity index (χ3v) is 3.41. The predicted molar refractivity (Wildman–Crippen MR) is 68.3 cm³/mol. The maximum atomic E-state index is 11.7. The molecule has 1 heterocycles. The molecular formula is C10H15IN2O3. The van der Waals surface area contributed by atoms with E-state index in [1.165, 1.54) is 0 Å². The van der Waals surface area contributed by atoms with Crippen molar-refractivity contribution in [3.05, 3.63) is 25.4 Å². The van der Waals surface area contributed by atoms with E-state index in [0.29, 0.717) is 21.7 Å². The van der Waals surface area contributed by atoms with Gasteiger partial charge in [0.15, 0.2) is 0 Å². The van der Waals surface area contributed by atoms with Crippen molar-refractivity contribution >= 4 is 22.6 Å². The second kappa shape index (κ2) is 5.24. The van der Waals surface area contributed by atoms with Crippen LogP contribution in [0.2, 0.25) is 0 Å². The third kappa shape index (κ3) is 2.80. The van der Waals surface area contributed by atoms with Crippen molar-refractivity contribution in [3.8, 4) is 0 Å². The molecule has 0 aliphatic heterocycles. The molecule has 16 heavy (non-hydrogen) atoms. The van der Waals surface area contributed by atoms with Gasteiger partial charge in [-0.2, -0.15) is 0 Å². The fourth-order valence-corrected chi connectivity index (χ4v) is 1.53. The Bertz CT molecular complexity index is 429. The van der Waals surface area contributed by atoms with E-state index in [2.05, 4.69) is 9.97 Å². The summed E-state index contributed by atoms with van der Waals surface area (Å²) in [5.74, 6) is 0.507. The Labute approximate surface area is 108 Å². The Balaban J connectivity index is 3.29. The van der Waals surface area contributed by atoms with E-state index in [4.69, 9.17) is 9.47 Å². The van der Waals surface area contributed by atoms with Crippen molar-refractivity contribution < 1.29 is 9.47 Å². The molecule has 6 heteroatoms. The fraction of sp³-hybridized carbons (Fsp3) is 0.600. The number of H-pyrrole nitrogens is 1. The molecular weight excluding hydrogens is 323 g/mol. The van der Waals surface area contributed by atoms with Gasteiger partial charge in [0.05, 0.1) is 12.3 Å². The second-order valence-corrected chi connectivity index (χ2v) is 4.90. The largest absolute Gasteiger partial charge is 0.378 e. The zero-order valence-corrected chi connectivity index (χ0v) is 11.9. The van der Waals surface area contributed by atoms with E-state index in [-0.39, 0.29) is 5.56 Å². The first-order chi connectivity index (χ1) is 7.42. The van der Waals surface area contributed by atoms with E-state index in [1.54, 1.807) is 14.2 Å². The van der Waals surface area contributed by atoms with Crippen LogP contribution in [0.5, 0.6) is 0 Å². The van der Waals surface area contributed by atoms with Gasteiger partial charge >= 0.3 is 0 Å². The van der Waals surface area contributed by atoms with Gasteiger partial charge in [-0.3, -0.25) is 4.79 Å². The first-order valence-electron chi connectivity index (χ1n) is 4.75. The molecule has 90 valence electrons. The van der Waals surface area contributed by atoms with Gasteiger partial charge in [0, 0.05) is 14.2 Å². The summed E-state index contributed by atoms with van der Waals surface area (Å²) < 4.78 is 10.8. The van der Waals surface area contributed by atoms with Gasteiger partial charge in [-0.1, -0.05) is 0 Å². The molecule has 0 spiro atoms. The molecule has 5 nitrogen and oxygen atoms in total. The molecule has 1 aromatic rings. The Morgan fingerprint density at radius 2 is 2.06 bits per heavy atom. The molecule has 0 aromatic carbocycles. The Morgan fingerprint density at radius 1 is 1.44 bits per heavy atom. The van der Waals surface area contributed by atoms with Crippen molar-refractivity contribution in [1.82, 2.24) is 9.97 Å². The van der Waals surface area contributed by atoms with Crippen LogP contribution in [0.15, 0.2) is 4.79 Å². The van der Waals surface area contributed by atoms with Gasteiger partial charge in [-0.15, -0.1) is 0 Å². The molecule has 0 fully saturated rings. The van der Waals surface area contributed by atoms with Crippen molar-refractivity contribution in [3.63, 3.8) is 0 Å². The van der Waals surface area contributed by atoms with Crippen LogP contribution in [-0.2, 0) is 21.7 Å². The fourth-order valence-electron chi connectivity index (χ4n) is 1.12. The van der Waals surface area contributed by atoms with Gasteiger partial charge in [0.1, 0.15) is 15.0 Å². The minimum Gasteiger partial charge on any atom is -0.378 e. The molecule has 0 amide bonds. The van der Waals surface area contributed by atoms with Crippen LogP contribution in [0.3, 0.4) is 0 Å². The number of aromatic amines is 1. The lowest BCUT2D eigenvalue weighted by atomic mass is 10.1. The Kier molecular flexibility index (Phi) is 4.45. The predicted octanol–water partition coefficient (Wildman–Crippen LogP) is 1.40. The van der Waals surface area contributed by atoms with Crippen LogP contribution >= 0.6 is 22.6 Å². The molecule has 0 bridgehead atoms. The van der Waals surface area contributed by atoms with Crippen LogP contribution in [0.25, 0.3) is 0 Å². The van der Waals surface area contributed by atoms with Crippen molar-refractivity contribution in [2.75, 3.05) is 14.2 Å². The number of nitrogens with one attached hydrogen (secondary N) is 1. The highest BCUT2D eigenvalue weighted by Crippen LogP contribution is 2.20. The molecule has 0 aliphatic carbocycles. The quantitative estimate of drug-likeness (QED) is 0.843.